The molecule has 0 N–H and O–H groups in total. The van der Waals surface area contributed by atoms with E-state index in [1.807, 2.05) is 29.2 Å². The molecule has 6 heteroatoms. The highest BCUT2D eigenvalue weighted by atomic mass is 16.5. The molecular weight excluding hydrogens is 416 g/mol. The molecule has 1 aromatic rings. The average Bonchev–Trinajstić information content (AvgIpc) is 3.10. The summed E-state index contributed by atoms with van der Waals surface area (Å²) in [6.07, 6.45) is 2.33. The summed E-state index contributed by atoms with van der Waals surface area (Å²) in [6.45, 7) is 12.2. The van der Waals surface area contributed by atoms with Gasteiger partial charge in [0.15, 0.2) is 11.5 Å². The summed E-state index contributed by atoms with van der Waals surface area (Å²) in [7, 11) is 1.64. The zero-order chi connectivity index (χ0) is 23.7. The van der Waals surface area contributed by atoms with Crippen LogP contribution in [0.3, 0.4) is 0 Å². The van der Waals surface area contributed by atoms with Crippen LogP contribution in [0.5, 0.6) is 5.75 Å². The second-order valence-electron chi connectivity index (χ2n) is 9.85. The minimum absolute atomic E-state index is 0.111. The summed E-state index contributed by atoms with van der Waals surface area (Å²) in [5.74, 6) is 1.84. The monoisotopic (exact) mass is 454 g/mol. The van der Waals surface area contributed by atoms with E-state index in [0.717, 1.165) is 50.2 Å². The van der Waals surface area contributed by atoms with E-state index in [9.17, 15) is 9.59 Å². The number of benzene rings is 1. The van der Waals surface area contributed by atoms with Crippen LogP contribution in [0, 0.1) is 17.8 Å². The van der Waals surface area contributed by atoms with Gasteiger partial charge in [-0.3, -0.25) is 9.59 Å². The molecular formula is C27H38N2O4. The van der Waals surface area contributed by atoms with Gasteiger partial charge in [0.2, 0.25) is 0 Å². The van der Waals surface area contributed by atoms with E-state index >= 15 is 0 Å². The van der Waals surface area contributed by atoms with E-state index in [2.05, 4.69) is 32.6 Å². The summed E-state index contributed by atoms with van der Waals surface area (Å²) >= 11 is 0. The van der Waals surface area contributed by atoms with E-state index in [1.165, 1.54) is 0 Å². The number of methoxy groups -OCH3 is 1. The van der Waals surface area contributed by atoms with Crippen LogP contribution in [0.25, 0.3) is 0 Å². The van der Waals surface area contributed by atoms with Crippen molar-refractivity contribution in [1.82, 2.24) is 9.80 Å². The van der Waals surface area contributed by atoms with Crippen molar-refractivity contribution in [2.24, 2.45) is 17.8 Å². The number of amides is 1. The molecule has 0 saturated heterocycles. The number of ether oxygens (including phenoxy) is 2. The zero-order valence-corrected chi connectivity index (χ0v) is 20.7. The first-order valence-corrected chi connectivity index (χ1v) is 12.5. The van der Waals surface area contributed by atoms with E-state index < -0.39 is 6.04 Å². The first kappa shape index (κ1) is 23.8. The third-order valence-electron chi connectivity index (χ3n) is 8.01. The number of hydrogen-bond acceptors (Lipinski definition) is 5. The molecule has 33 heavy (non-hydrogen) atoms. The van der Waals surface area contributed by atoms with Crippen LogP contribution in [0.2, 0.25) is 0 Å². The van der Waals surface area contributed by atoms with Crippen LogP contribution in [0.15, 0.2) is 35.6 Å². The first-order valence-electron chi connectivity index (χ1n) is 12.5. The summed E-state index contributed by atoms with van der Waals surface area (Å²) < 4.78 is 11.7. The Morgan fingerprint density at radius 3 is 2.36 bits per heavy atom. The van der Waals surface area contributed by atoms with Crippen LogP contribution in [0.1, 0.15) is 58.6 Å². The number of ketones is 1. The number of fused-ring (bicyclic) bond motifs is 1. The maximum atomic E-state index is 13.8. The normalized spacial score (nSPS) is 29.3. The lowest BCUT2D eigenvalue weighted by atomic mass is 9.70. The lowest BCUT2D eigenvalue weighted by molar-refractivity contribution is -0.137. The average molecular weight is 455 g/mol. The van der Waals surface area contributed by atoms with Crippen molar-refractivity contribution in [3.63, 3.8) is 0 Å². The molecule has 3 aliphatic rings. The number of carbonyl (C=O) groups excluding carboxylic acids is 2. The Morgan fingerprint density at radius 2 is 1.73 bits per heavy atom. The fraction of sp³-hybridized carbons (Fsp3) is 0.630. The molecule has 5 atom stereocenters. The molecule has 5 unspecified atom stereocenters. The van der Waals surface area contributed by atoms with Crippen molar-refractivity contribution in [1.29, 1.82) is 0 Å². The molecule has 4 rings (SSSR count). The van der Waals surface area contributed by atoms with Crippen molar-refractivity contribution in [3.05, 3.63) is 41.2 Å². The van der Waals surface area contributed by atoms with Gasteiger partial charge in [0, 0.05) is 6.54 Å². The first-order chi connectivity index (χ1) is 15.9. The predicted octanol–water partition coefficient (Wildman–Crippen LogP) is 4.21. The Labute approximate surface area is 197 Å². The third kappa shape index (κ3) is 4.42. The van der Waals surface area contributed by atoms with Crippen LogP contribution >= 0.6 is 0 Å². The maximum Gasteiger partial charge on any atom is 0.290 e. The SMILES string of the molecule is CCN(CC)CCCN1C(=O)C2=C(C(=O)C3CC(C)C(C)CC3O2)C1c1ccc(OC)cc1. The molecule has 2 heterocycles. The second kappa shape index (κ2) is 9.88. The van der Waals surface area contributed by atoms with E-state index in [4.69, 9.17) is 9.47 Å². The lowest BCUT2D eigenvalue weighted by Gasteiger charge is -2.40. The van der Waals surface area contributed by atoms with Gasteiger partial charge in [0.1, 0.15) is 11.9 Å². The maximum absolute atomic E-state index is 13.8. The minimum atomic E-state index is -0.391. The highest BCUT2D eigenvalue weighted by molar-refractivity contribution is 6.11. The van der Waals surface area contributed by atoms with Crippen molar-refractivity contribution in [3.8, 4) is 5.75 Å². The summed E-state index contributed by atoms with van der Waals surface area (Å²) in [6, 6.07) is 7.34. The van der Waals surface area contributed by atoms with Crippen LogP contribution in [0.4, 0.5) is 0 Å². The van der Waals surface area contributed by atoms with Crippen LogP contribution < -0.4 is 4.74 Å². The number of carbonyl (C=O) groups is 2. The zero-order valence-electron chi connectivity index (χ0n) is 20.7. The summed E-state index contributed by atoms with van der Waals surface area (Å²) in [5, 5.41) is 0. The van der Waals surface area contributed by atoms with Crippen molar-refractivity contribution in [2.75, 3.05) is 33.3 Å². The van der Waals surface area contributed by atoms with Gasteiger partial charge >= 0.3 is 0 Å². The Bertz CT molecular complexity index is 905. The Hall–Kier alpha value is -2.34. The van der Waals surface area contributed by atoms with Gasteiger partial charge in [-0.25, -0.2) is 0 Å². The molecule has 1 amide bonds. The van der Waals surface area contributed by atoms with Gasteiger partial charge in [-0.2, -0.15) is 0 Å². The third-order valence-corrected chi connectivity index (χ3v) is 8.01. The highest BCUT2D eigenvalue weighted by Crippen LogP contribution is 2.48. The molecule has 0 aromatic heterocycles. The Morgan fingerprint density at radius 1 is 1.06 bits per heavy atom. The highest BCUT2D eigenvalue weighted by Gasteiger charge is 2.53. The molecule has 1 aromatic carbocycles. The van der Waals surface area contributed by atoms with Gasteiger partial charge < -0.3 is 19.3 Å². The number of hydrogen-bond donors (Lipinski definition) is 0. The van der Waals surface area contributed by atoms with E-state index in [-0.39, 0.29) is 23.7 Å². The Kier molecular flexibility index (Phi) is 7.13. The number of nitrogens with zero attached hydrogens (tertiary/aromatic N) is 2. The van der Waals surface area contributed by atoms with Crippen molar-refractivity contribution >= 4 is 11.7 Å². The topological polar surface area (TPSA) is 59.1 Å². The predicted molar refractivity (Wildman–Crippen MR) is 128 cm³/mol. The second-order valence-corrected chi connectivity index (χ2v) is 9.85. The number of Topliss-reactive ketones (excluding diaryl/α,β-unsaturated/α-hetero) is 1. The molecule has 2 aliphatic heterocycles. The molecule has 1 fully saturated rings. The quantitative estimate of drug-likeness (QED) is 0.589. The van der Waals surface area contributed by atoms with E-state index in [0.29, 0.717) is 29.7 Å². The molecule has 1 saturated carbocycles. The van der Waals surface area contributed by atoms with Crippen molar-refractivity contribution in [2.45, 2.75) is 59.1 Å². The lowest BCUT2D eigenvalue weighted by Crippen LogP contribution is -2.43. The molecule has 0 spiro atoms. The summed E-state index contributed by atoms with van der Waals surface area (Å²) in [4.78, 5) is 31.6. The van der Waals surface area contributed by atoms with E-state index in [1.54, 1.807) is 7.11 Å². The van der Waals surface area contributed by atoms with Gasteiger partial charge in [-0.05, 0) is 68.4 Å². The van der Waals surface area contributed by atoms with Crippen LogP contribution in [-0.2, 0) is 14.3 Å². The van der Waals surface area contributed by atoms with Gasteiger partial charge in [0.25, 0.3) is 5.91 Å². The number of rotatable bonds is 8. The molecule has 6 nitrogen and oxygen atoms in total. The largest absolute Gasteiger partial charge is 0.497 e. The van der Waals surface area contributed by atoms with Gasteiger partial charge in [-0.15, -0.1) is 0 Å². The van der Waals surface area contributed by atoms with Crippen molar-refractivity contribution < 1.29 is 19.1 Å². The van der Waals surface area contributed by atoms with Gasteiger partial charge in [-0.1, -0.05) is 39.8 Å². The molecule has 0 bridgehead atoms. The van der Waals surface area contributed by atoms with Crippen LogP contribution in [-0.4, -0.2) is 60.9 Å². The minimum Gasteiger partial charge on any atom is -0.497 e. The molecule has 0 radical (unpaired) electrons. The smallest absolute Gasteiger partial charge is 0.290 e. The molecule has 180 valence electrons. The Balaban J connectivity index is 1.66. The van der Waals surface area contributed by atoms with Gasteiger partial charge in [0.05, 0.1) is 24.6 Å². The fourth-order valence-corrected chi connectivity index (χ4v) is 5.68. The molecule has 1 aliphatic carbocycles. The standard InChI is InChI=1S/C27H38N2O4/c1-6-28(7-2)13-8-14-29-24(19-9-11-20(32-5)12-10-19)23-25(30)21-15-17(3)18(4)16-22(21)33-26(23)27(29)31/h9-12,17-18,21-22,24H,6-8,13-16H2,1-5H3. The summed E-state index contributed by atoms with van der Waals surface area (Å²) in [5.41, 5.74) is 1.50. The fourth-order valence-electron chi connectivity index (χ4n) is 5.68.